The van der Waals surface area contributed by atoms with E-state index in [0.29, 0.717) is 6.42 Å². The number of esters is 2. The normalized spacial score (nSPS) is 14.8. The maximum Gasteiger partial charge on any atom is 0.324 e. The third-order valence-electron chi connectivity index (χ3n) is 4.37. The fourth-order valence-electron chi connectivity index (χ4n) is 3.24. The number of aliphatic hydroxyl groups excluding tert-OH is 1. The predicted molar refractivity (Wildman–Crippen MR) is 89.4 cm³/mol. The summed E-state index contributed by atoms with van der Waals surface area (Å²) in [5.74, 6) is -1.09. The lowest BCUT2D eigenvalue weighted by molar-refractivity contribution is -0.171. The van der Waals surface area contributed by atoms with Crippen LogP contribution >= 0.6 is 0 Å². The van der Waals surface area contributed by atoms with Gasteiger partial charge in [-0.25, -0.2) is 0 Å². The number of fused-ring (bicyclic) bond motifs is 1. The number of carbonyl (C=O) groups is 2. The smallest absolute Gasteiger partial charge is 0.324 e. The average molecular weight is 332 g/mol. The van der Waals surface area contributed by atoms with E-state index in [1.54, 1.807) is 19.9 Å². The van der Waals surface area contributed by atoms with Crippen LogP contribution in [0.5, 0.6) is 0 Å². The molecule has 24 heavy (non-hydrogen) atoms. The molecule has 0 atom stereocenters. The monoisotopic (exact) mass is 332 g/mol. The summed E-state index contributed by atoms with van der Waals surface area (Å²) < 4.78 is 10.3. The summed E-state index contributed by atoms with van der Waals surface area (Å²) in [6.07, 6.45) is 2.88. The molecular weight excluding hydrogens is 308 g/mol. The van der Waals surface area contributed by atoms with Crippen LogP contribution in [0.1, 0.15) is 36.1 Å². The number of allylic oxidation sites excluding steroid dienone is 1. The molecule has 0 bridgehead atoms. The molecule has 130 valence electrons. The predicted octanol–water partition coefficient (Wildman–Crippen LogP) is 2.12. The molecule has 0 spiro atoms. The highest BCUT2D eigenvalue weighted by Gasteiger charge is 2.53. The molecule has 1 aliphatic carbocycles. The highest BCUT2D eigenvalue weighted by molar-refractivity contribution is 6.01. The Morgan fingerprint density at radius 3 is 2.04 bits per heavy atom. The van der Waals surface area contributed by atoms with E-state index in [1.165, 1.54) is 0 Å². The molecule has 0 fully saturated rings. The highest BCUT2D eigenvalue weighted by Crippen LogP contribution is 2.40. The topological polar surface area (TPSA) is 72.8 Å². The van der Waals surface area contributed by atoms with Gasteiger partial charge in [0.25, 0.3) is 0 Å². The van der Waals surface area contributed by atoms with E-state index in [9.17, 15) is 14.7 Å². The molecule has 0 aliphatic heterocycles. The Labute approximate surface area is 142 Å². The van der Waals surface area contributed by atoms with Gasteiger partial charge in [0.15, 0.2) is 5.41 Å². The van der Waals surface area contributed by atoms with Crippen molar-refractivity contribution in [3.05, 3.63) is 47.0 Å². The van der Waals surface area contributed by atoms with Crippen LogP contribution in [-0.4, -0.2) is 30.3 Å². The molecule has 1 aromatic carbocycles. The summed E-state index contributed by atoms with van der Waals surface area (Å²) in [4.78, 5) is 25.1. The van der Waals surface area contributed by atoms with Gasteiger partial charge in [0.05, 0.1) is 19.8 Å². The van der Waals surface area contributed by atoms with Crippen LogP contribution in [0, 0.1) is 5.41 Å². The summed E-state index contributed by atoms with van der Waals surface area (Å²) in [5.41, 5.74) is 2.22. The maximum absolute atomic E-state index is 12.5. The van der Waals surface area contributed by atoms with Gasteiger partial charge in [-0.2, -0.15) is 0 Å². The first-order valence-electron chi connectivity index (χ1n) is 8.22. The minimum absolute atomic E-state index is 0.0950. The van der Waals surface area contributed by atoms with Crippen molar-refractivity contribution in [2.75, 3.05) is 13.2 Å². The van der Waals surface area contributed by atoms with Gasteiger partial charge in [0, 0.05) is 0 Å². The lowest BCUT2D eigenvalue weighted by atomic mass is 9.84. The molecule has 1 aromatic rings. The van der Waals surface area contributed by atoms with Crippen LogP contribution in [-0.2, 0) is 44.9 Å². The van der Waals surface area contributed by atoms with Crippen LogP contribution in [0.2, 0.25) is 0 Å². The molecule has 0 unspecified atom stereocenters. The van der Waals surface area contributed by atoms with Crippen molar-refractivity contribution in [2.24, 2.45) is 5.41 Å². The van der Waals surface area contributed by atoms with Gasteiger partial charge in [-0.15, -0.1) is 6.58 Å². The fraction of sp³-hybridized carbons (Fsp3) is 0.474. The molecule has 0 saturated heterocycles. The molecule has 0 aromatic heterocycles. The van der Waals surface area contributed by atoms with E-state index < -0.39 is 17.4 Å². The summed E-state index contributed by atoms with van der Waals surface area (Å²) >= 11 is 0. The molecule has 0 amide bonds. The molecule has 1 aliphatic rings. The van der Waals surface area contributed by atoms with Gasteiger partial charge in [-0.05, 0) is 55.4 Å². The minimum Gasteiger partial charge on any atom is -0.465 e. The second kappa shape index (κ2) is 7.62. The van der Waals surface area contributed by atoms with Crippen LogP contribution in [0.3, 0.4) is 0 Å². The van der Waals surface area contributed by atoms with Gasteiger partial charge in [0.2, 0.25) is 0 Å². The van der Waals surface area contributed by atoms with Crippen LogP contribution in [0.25, 0.3) is 0 Å². The van der Waals surface area contributed by atoms with Crippen LogP contribution in [0.15, 0.2) is 24.8 Å². The Balaban J connectivity index is 2.44. The Bertz CT molecular complexity index is 629. The van der Waals surface area contributed by atoms with Crippen molar-refractivity contribution < 1.29 is 24.2 Å². The summed E-state index contributed by atoms with van der Waals surface area (Å²) in [5, 5.41) is 9.58. The molecular formula is C19H24O5. The molecule has 2 rings (SSSR count). The maximum atomic E-state index is 12.5. The van der Waals surface area contributed by atoms with Gasteiger partial charge < -0.3 is 14.6 Å². The third-order valence-corrected chi connectivity index (χ3v) is 4.37. The summed E-state index contributed by atoms with van der Waals surface area (Å²) in [6, 6.07) is 3.82. The Kier molecular flexibility index (Phi) is 5.78. The van der Waals surface area contributed by atoms with E-state index in [4.69, 9.17) is 9.47 Å². The van der Waals surface area contributed by atoms with Crippen molar-refractivity contribution in [3.63, 3.8) is 0 Å². The van der Waals surface area contributed by atoms with E-state index in [2.05, 4.69) is 6.58 Å². The quantitative estimate of drug-likeness (QED) is 0.470. The van der Waals surface area contributed by atoms with Crippen molar-refractivity contribution in [3.8, 4) is 0 Å². The van der Waals surface area contributed by atoms with E-state index >= 15 is 0 Å². The minimum atomic E-state index is -1.33. The van der Waals surface area contributed by atoms with E-state index in [1.807, 2.05) is 12.1 Å². The third kappa shape index (κ3) is 3.22. The molecule has 1 N–H and O–H groups in total. The lowest BCUT2D eigenvalue weighted by Crippen LogP contribution is -2.43. The van der Waals surface area contributed by atoms with Crippen molar-refractivity contribution in [2.45, 2.75) is 39.7 Å². The van der Waals surface area contributed by atoms with Crippen molar-refractivity contribution in [1.29, 1.82) is 0 Å². The molecule has 0 radical (unpaired) electrons. The number of benzene rings is 1. The van der Waals surface area contributed by atoms with Gasteiger partial charge in [-0.1, -0.05) is 18.2 Å². The zero-order valence-corrected chi connectivity index (χ0v) is 14.3. The molecule has 0 heterocycles. The molecule has 0 saturated carbocycles. The Morgan fingerprint density at radius 1 is 1.12 bits per heavy atom. The first-order valence-corrected chi connectivity index (χ1v) is 8.22. The number of hydrogen-bond acceptors (Lipinski definition) is 5. The molecule has 5 heteroatoms. The first kappa shape index (κ1) is 18.2. The number of ether oxygens (including phenoxy) is 2. The van der Waals surface area contributed by atoms with E-state index in [-0.39, 0.29) is 32.7 Å². The summed E-state index contributed by atoms with van der Waals surface area (Å²) in [6.45, 7) is 7.48. The van der Waals surface area contributed by atoms with Crippen molar-refractivity contribution in [1.82, 2.24) is 0 Å². The number of hydrogen-bond donors (Lipinski definition) is 1. The van der Waals surface area contributed by atoms with Crippen molar-refractivity contribution >= 4 is 11.9 Å². The van der Waals surface area contributed by atoms with E-state index in [0.717, 1.165) is 22.3 Å². The largest absolute Gasteiger partial charge is 0.465 e. The zero-order chi connectivity index (χ0) is 17.7. The standard InChI is InChI=1S/C19H24O5/c1-4-7-13-8-14-10-19(17(21)23-5-2,18(22)24-6-3)11-15(14)9-16(13)12-20/h4,8-9,20H,1,5-7,10-12H2,2-3H3. The number of carbonyl (C=O) groups excluding carboxylic acids is 2. The Morgan fingerprint density at radius 2 is 1.62 bits per heavy atom. The second-order valence-corrected chi connectivity index (χ2v) is 5.92. The zero-order valence-electron chi connectivity index (χ0n) is 14.3. The Hall–Kier alpha value is -2.14. The number of rotatable bonds is 7. The van der Waals surface area contributed by atoms with Gasteiger partial charge in [0.1, 0.15) is 0 Å². The first-order chi connectivity index (χ1) is 11.5. The summed E-state index contributed by atoms with van der Waals surface area (Å²) in [7, 11) is 0. The second-order valence-electron chi connectivity index (χ2n) is 5.92. The van der Waals surface area contributed by atoms with Gasteiger partial charge >= 0.3 is 11.9 Å². The SMILES string of the molecule is C=CCc1cc2c(cc1CO)CC(C(=O)OCC)(C(=O)OCC)C2. The lowest BCUT2D eigenvalue weighted by Gasteiger charge is -2.23. The number of aliphatic hydroxyl groups is 1. The highest BCUT2D eigenvalue weighted by atomic mass is 16.6. The van der Waals surface area contributed by atoms with Crippen LogP contribution < -0.4 is 0 Å². The molecule has 5 nitrogen and oxygen atoms in total. The average Bonchev–Trinajstić information content (AvgIpc) is 2.94. The van der Waals surface area contributed by atoms with Crippen LogP contribution in [0.4, 0.5) is 0 Å². The van der Waals surface area contributed by atoms with Gasteiger partial charge in [-0.3, -0.25) is 9.59 Å². The fourth-order valence-corrected chi connectivity index (χ4v) is 3.24.